The van der Waals surface area contributed by atoms with E-state index in [4.69, 9.17) is 0 Å². The molecule has 2 aliphatic rings. The number of hydrogen-bond donors (Lipinski definition) is 1. The van der Waals surface area contributed by atoms with Crippen molar-refractivity contribution in [1.29, 1.82) is 0 Å². The predicted molar refractivity (Wildman–Crippen MR) is 83.4 cm³/mol. The number of nitrogens with zero attached hydrogens (tertiary/aromatic N) is 1. The molecule has 2 nitrogen and oxygen atoms in total. The molecule has 1 heterocycles. The van der Waals surface area contributed by atoms with Gasteiger partial charge in [0.25, 0.3) is 0 Å². The zero-order chi connectivity index (χ0) is 13.8. The Bertz CT molecular complexity index is 294. The Balaban J connectivity index is 1.65. The van der Waals surface area contributed by atoms with Crippen molar-refractivity contribution in [1.82, 2.24) is 10.2 Å². The lowest BCUT2D eigenvalue weighted by molar-refractivity contribution is 0.154. The molecule has 2 unspecified atom stereocenters. The molecule has 1 N–H and O–H groups in total. The average molecular weight is 264 g/mol. The summed E-state index contributed by atoms with van der Waals surface area (Å²) in [5, 5.41) is 3.80. The van der Waals surface area contributed by atoms with Crippen LogP contribution in [-0.4, -0.2) is 36.6 Å². The third kappa shape index (κ3) is 4.32. The molecule has 2 fully saturated rings. The van der Waals surface area contributed by atoms with E-state index in [1.165, 1.54) is 57.1 Å². The topological polar surface area (TPSA) is 15.3 Å². The first-order valence-corrected chi connectivity index (χ1v) is 8.20. The summed E-state index contributed by atoms with van der Waals surface area (Å²) in [5.74, 6) is 0.734. The fourth-order valence-corrected chi connectivity index (χ4v) is 3.40. The molecule has 0 aromatic heterocycles. The van der Waals surface area contributed by atoms with E-state index in [1.807, 2.05) is 0 Å². The molecule has 1 aliphatic carbocycles. The highest BCUT2D eigenvalue weighted by atomic mass is 15.1. The highest BCUT2D eigenvalue weighted by Crippen LogP contribution is 2.26. The van der Waals surface area contributed by atoms with Gasteiger partial charge in [-0.25, -0.2) is 0 Å². The molecule has 2 rings (SSSR count). The van der Waals surface area contributed by atoms with Gasteiger partial charge in [0.05, 0.1) is 0 Å². The maximum atomic E-state index is 4.28. The summed E-state index contributed by atoms with van der Waals surface area (Å²) in [4.78, 5) is 2.57. The standard InChI is InChI=1S/C17H32N2/c1-13(2)12-14(3)17-9-8-15(18-17)10-11-19(4)16-6-5-7-16/h13,15-18H,3,5-12H2,1-2,4H3. The van der Waals surface area contributed by atoms with Crippen LogP contribution in [0.4, 0.5) is 0 Å². The summed E-state index contributed by atoms with van der Waals surface area (Å²) < 4.78 is 0. The van der Waals surface area contributed by atoms with Crippen molar-refractivity contribution < 1.29 is 0 Å². The maximum Gasteiger partial charge on any atom is 0.0280 e. The van der Waals surface area contributed by atoms with E-state index >= 15 is 0 Å². The zero-order valence-corrected chi connectivity index (χ0v) is 13.1. The Labute approximate surface area is 119 Å². The molecule has 110 valence electrons. The lowest BCUT2D eigenvalue weighted by Gasteiger charge is -2.35. The molecule has 1 saturated heterocycles. The van der Waals surface area contributed by atoms with Crippen molar-refractivity contribution >= 4 is 0 Å². The van der Waals surface area contributed by atoms with Gasteiger partial charge in [-0.2, -0.15) is 0 Å². The molecule has 2 atom stereocenters. The van der Waals surface area contributed by atoms with Crippen molar-refractivity contribution in [3.05, 3.63) is 12.2 Å². The van der Waals surface area contributed by atoms with Gasteiger partial charge in [0, 0.05) is 18.1 Å². The fraction of sp³-hybridized carbons (Fsp3) is 0.882. The van der Waals surface area contributed by atoms with Gasteiger partial charge < -0.3 is 10.2 Å². The van der Waals surface area contributed by atoms with Gasteiger partial charge in [-0.3, -0.25) is 0 Å². The summed E-state index contributed by atoms with van der Waals surface area (Å²) in [7, 11) is 2.30. The van der Waals surface area contributed by atoms with Crippen LogP contribution >= 0.6 is 0 Å². The fourth-order valence-electron chi connectivity index (χ4n) is 3.40. The largest absolute Gasteiger partial charge is 0.307 e. The molecule has 0 radical (unpaired) electrons. The van der Waals surface area contributed by atoms with Crippen LogP contribution in [0.15, 0.2) is 12.2 Å². The van der Waals surface area contributed by atoms with E-state index in [9.17, 15) is 0 Å². The maximum absolute atomic E-state index is 4.28. The average Bonchev–Trinajstić information content (AvgIpc) is 2.71. The van der Waals surface area contributed by atoms with Gasteiger partial charge in [-0.15, -0.1) is 0 Å². The Kier molecular flexibility index (Phi) is 5.47. The summed E-state index contributed by atoms with van der Waals surface area (Å²) >= 11 is 0. The lowest BCUT2D eigenvalue weighted by atomic mass is 9.91. The Morgan fingerprint density at radius 3 is 2.58 bits per heavy atom. The van der Waals surface area contributed by atoms with Crippen LogP contribution in [0.25, 0.3) is 0 Å². The van der Waals surface area contributed by atoms with Crippen LogP contribution in [0, 0.1) is 5.92 Å². The molecule has 0 bridgehead atoms. The predicted octanol–water partition coefficient (Wildman–Crippen LogP) is 3.58. The van der Waals surface area contributed by atoms with E-state index in [-0.39, 0.29) is 0 Å². The van der Waals surface area contributed by atoms with Crippen LogP contribution in [0.3, 0.4) is 0 Å². The second-order valence-electron chi connectivity index (χ2n) is 7.10. The van der Waals surface area contributed by atoms with Gasteiger partial charge in [0.15, 0.2) is 0 Å². The van der Waals surface area contributed by atoms with E-state index in [0.29, 0.717) is 6.04 Å². The van der Waals surface area contributed by atoms with Gasteiger partial charge in [-0.1, -0.05) is 32.4 Å². The van der Waals surface area contributed by atoms with Crippen LogP contribution < -0.4 is 5.32 Å². The minimum Gasteiger partial charge on any atom is -0.307 e. The first-order valence-electron chi connectivity index (χ1n) is 8.20. The molecule has 0 spiro atoms. The molecule has 1 saturated carbocycles. The molecule has 2 heteroatoms. The van der Waals surface area contributed by atoms with Crippen molar-refractivity contribution in [2.75, 3.05) is 13.6 Å². The molecule has 0 aromatic carbocycles. The van der Waals surface area contributed by atoms with Crippen LogP contribution in [-0.2, 0) is 0 Å². The zero-order valence-electron chi connectivity index (χ0n) is 13.1. The quantitative estimate of drug-likeness (QED) is 0.707. The summed E-state index contributed by atoms with van der Waals surface area (Å²) in [5.41, 5.74) is 1.42. The minimum atomic E-state index is 0.585. The van der Waals surface area contributed by atoms with Crippen molar-refractivity contribution in [3.8, 4) is 0 Å². The molecular weight excluding hydrogens is 232 g/mol. The SMILES string of the molecule is C=C(CC(C)C)C1CCC(CCN(C)C2CCC2)N1. The van der Waals surface area contributed by atoms with E-state index < -0.39 is 0 Å². The first-order chi connectivity index (χ1) is 9.06. The Hall–Kier alpha value is -0.340. The smallest absolute Gasteiger partial charge is 0.0280 e. The molecule has 19 heavy (non-hydrogen) atoms. The Morgan fingerprint density at radius 2 is 2.00 bits per heavy atom. The highest BCUT2D eigenvalue weighted by molar-refractivity contribution is 5.09. The number of hydrogen-bond acceptors (Lipinski definition) is 2. The molecular formula is C17H32N2. The van der Waals surface area contributed by atoms with Gasteiger partial charge in [0.1, 0.15) is 0 Å². The summed E-state index contributed by atoms with van der Waals surface area (Å²) in [6.07, 6.45) is 9.38. The highest BCUT2D eigenvalue weighted by Gasteiger charge is 2.27. The van der Waals surface area contributed by atoms with E-state index in [0.717, 1.165) is 18.0 Å². The van der Waals surface area contributed by atoms with Crippen LogP contribution in [0.2, 0.25) is 0 Å². The molecule has 1 aliphatic heterocycles. The van der Waals surface area contributed by atoms with Crippen LogP contribution in [0.5, 0.6) is 0 Å². The monoisotopic (exact) mass is 264 g/mol. The second-order valence-corrected chi connectivity index (χ2v) is 7.10. The van der Waals surface area contributed by atoms with Crippen molar-refractivity contribution in [2.45, 2.75) is 76.9 Å². The second kappa shape index (κ2) is 6.90. The van der Waals surface area contributed by atoms with Gasteiger partial charge >= 0.3 is 0 Å². The van der Waals surface area contributed by atoms with Gasteiger partial charge in [0.2, 0.25) is 0 Å². The van der Waals surface area contributed by atoms with Crippen molar-refractivity contribution in [3.63, 3.8) is 0 Å². The minimum absolute atomic E-state index is 0.585. The number of rotatable bonds is 7. The molecule has 0 amide bonds. The third-order valence-corrected chi connectivity index (χ3v) is 4.93. The van der Waals surface area contributed by atoms with Gasteiger partial charge in [-0.05, 0) is 58.0 Å². The first kappa shape index (κ1) is 15.1. The summed E-state index contributed by atoms with van der Waals surface area (Å²) in [6.45, 7) is 10.1. The van der Waals surface area contributed by atoms with Crippen LogP contribution in [0.1, 0.15) is 58.8 Å². The third-order valence-electron chi connectivity index (χ3n) is 4.93. The lowest BCUT2D eigenvalue weighted by Crippen LogP contribution is -2.40. The normalized spacial score (nSPS) is 28.1. The van der Waals surface area contributed by atoms with Crippen molar-refractivity contribution in [2.24, 2.45) is 5.92 Å². The van der Waals surface area contributed by atoms with E-state index in [2.05, 4.69) is 37.7 Å². The number of nitrogens with one attached hydrogen (secondary N) is 1. The van der Waals surface area contributed by atoms with E-state index in [1.54, 1.807) is 0 Å². The Morgan fingerprint density at radius 1 is 1.26 bits per heavy atom. The molecule has 0 aromatic rings. The summed E-state index contributed by atoms with van der Waals surface area (Å²) in [6, 6.07) is 2.19.